The number of aromatic hydroxyl groups is 1. The molecule has 1 aromatic rings. The molecule has 0 aromatic heterocycles. The number of benzene rings is 1. The fraction of sp³-hybridized carbons (Fsp3) is 0.474. The third-order valence-corrected chi connectivity index (χ3v) is 2.71. The van der Waals surface area contributed by atoms with Crippen molar-refractivity contribution in [3.05, 3.63) is 47.7 Å². The molecular weight excluding hydrogens is 260 g/mol. The Morgan fingerprint density at radius 2 is 1.48 bits per heavy atom. The van der Waals surface area contributed by atoms with Crippen LogP contribution in [0.15, 0.2) is 42.2 Å². The number of aliphatic hydroxyl groups excluding tert-OH is 1. The van der Waals surface area contributed by atoms with Crippen LogP contribution in [0.3, 0.4) is 0 Å². The van der Waals surface area contributed by atoms with Crippen molar-refractivity contribution in [1.82, 2.24) is 0 Å². The van der Waals surface area contributed by atoms with Gasteiger partial charge in [0.25, 0.3) is 0 Å². The molecule has 0 aliphatic heterocycles. The molecule has 0 unspecified atom stereocenters. The van der Waals surface area contributed by atoms with E-state index in [2.05, 4.69) is 20.8 Å². The van der Waals surface area contributed by atoms with Crippen molar-refractivity contribution in [2.75, 3.05) is 0 Å². The van der Waals surface area contributed by atoms with Gasteiger partial charge in [0.1, 0.15) is 5.75 Å². The standard InChI is InChI=1S/C12H14O2.C5H12.C2H6/c1-9(3-4-10(2)13)11-5-7-12(14)8-6-11;1-4-5(2)3;1-2/h3-8,13-14H,1-2H3;5H,4H2,1-3H3;1-2H3/b9-3+,10-4+;;. The van der Waals surface area contributed by atoms with Crippen molar-refractivity contribution < 1.29 is 10.2 Å². The van der Waals surface area contributed by atoms with Crippen LogP contribution >= 0.6 is 0 Å². The molecule has 2 N–H and O–H groups in total. The van der Waals surface area contributed by atoms with Gasteiger partial charge in [-0.2, -0.15) is 0 Å². The van der Waals surface area contributed by atoms with Gasteiger partial charge in [0.2, 0.25) is 0 Å². The van der Waals surface area contributed by atoms with Crippen LogP contribution in [0.5, 0.6) is 5.75 Å². The minimum atomic E-state index is 0.260. The molecule has 0 bridgehead atoms. The first-order valence-electron chi connectivity index (χ1n) is 7.70. The lowest BCUT2D eigenvalue weighted by Crippen LogP contribution is -1.78. The first-order valence-corrected chi connectivity index (χ1v) is 7.70. The maximum atomic E-state index is 9.09. The average Bonchev–Trinajstić information content (AvgIpc) is 2.48. The number of hydrogen-bond acceptors (Lipinski definition) is 2. The molecule has 0 aliphatic carbocycles. The third kappa shape index (κ3) is 13.1. The van der Waals surface area contributed by atoms with E-state index in [9.17, 15) is 0 Å². The topological polar surface area (TPSA) is 40.5 Å². The fourth-order valence-electron chi connectivity index (χ4n) is 1.07. The Bertz CT molecular complexity index is 408. The number of allylic oxidation sites excluding steroid dienone is 4. The first-order chi connectivity index (χ1) is 9.86. The van der Waals surface area contributed by atoms with E-state index in [-0.39, 0.29) is 11.5 Å². The molecule has 2 heteroatoms. The minimum Gasteiger partial charge on any atom is -0.513 e. The molecule has 2 nitrogen and oxygen atoms in total. The average molecular weight is 292 g/mol. The maximum Gasteiger partial charge on any atom is 0.115 e. The Morgan fingerprint density at radius 3 is 1.81 bits per heavy atom. The summed E-state index contributed by atoms with van der Waals surface area (Å²) in [4.78, 5) is 0. The Morgan fingerprint density at radius 1 is 1.05 bits per heavy atom. The van der Waals surface area contributed by atoms with Gasteiger partial charge < -0.3 is 10.2 Å². The molecule has 0 radical (unpaired) electrons. The highest BCUT2D eigenvalue weighted by atomic mass is 16.3. The monoisotopic (exact) mass is 292 g/mol. The highest BCUT2D eigenvalue weighted by molar-refractivity contribution is 5.65. The molecule has 0 aliphatic rings. The van der Waals surface area contributed by atoms with Crippen LogP contribution in [0.4, 0.5) is 0 Å². The Kier molecular flexibility index (Phi) is 13.7. The molecule has 0 saturated carbocycles. The number of hydrogen-bond donors (Lipinski definition) is 2. The predicted molar refractivity (Wildman–Crippen MR) is 94.6 cm³/mol. The van der Waals surface area contributed by atoms with E-state index in [4.69, 9.17) is 10.2 Å². The second-order valence-electron chi connectivity index (χ2n) is 5.01. The summed E-state index contributed by atoms with van der Waals surface area (Å²) in [5.41, 5.74) is 2.07. The van der Waals surface area contributed by atoms with E-state index in [0.717, 1.165) is 17.1 Å². The van der Waals surface area contributed by atoms with Crippen LogP contribution in [0.25, 0.3) is 5.57 Å². The number of aliphatic hydroxyl groups is 1. The molecule has 120 valence electrons. The molecule has 0 heterocycles. The van der Waals surface area contributed by atoms with Crippen LogP contribution in [0, 0.1) is 5.92 Å². The zero-order chi connectivity index (χ0) is 16.8. The van der Waals surface area contributed by atoms with E-state index in [1.54, 1.807) is 25.1 Å². The first kappa shape index (κ1) is 21.6. The third-order valence-electron chi connectivity index (χ3n) is 2.71. The van der Waals surface area contributed by atoms with Gasteiger partial charge in [-0.05, 0) is 49.1 Å². The lowest BCUT2D eigenvalue weighted by atomic mass is 10.1. The van der Waals surface area contributed by atoms with Gasteiger partial charge in [0.15, 0.2) is 0 Å². The van der Waals surface area contributed by atoms with Crippen molar-refractivity contribution in [1.29, 1.82) is 0 Å². The number of phenolic OH excluding ortho intramolecular Hbond substituents is 1. The van der Waals surface area contributed by atoms with Crippen molar-refractivity contribution >= 4 is 5.57 Å². The van der Waals surface area contributed by atoms with Crippen molar-refractivity contribution in [2.45, 2.75) is 54.9 Å². The molecular formula is C19H32O2. The molecule has 0 amide bonds. The maximum absolute atomic E-state index is 9.09. The normalized spacial score (nSPS) is 11.2. The van der Waals surface area contributed by atoms with Gasteiger partial charge in [-0.1, -0.05) is 59.2 Å². The summed E-state index contributed by atoms with van der Waals surface area (Å²) < 4.78 is 0. The van der Waals surface area contributed by atoms with Gasteiger partial charge in [-0.3, -0.25) is 0 Å². The van der Waals surface area contributed by atoms with Gasteiger partial charge >= 0.3 is 0 Å². The van der Waals surface area contributed by atoms with E-state index in [0.29, 0.717) is 0 Å². The zero-order valence-corrected chi connectivity index (χ0v) is 14.6. The smallest absolute Gasteiger partial charge is 0.115 e. The fourth-order valence-corrected chi connectivity index (χ4v) is 1.07. The molecule has 0 saturated heterocycles. The quantitative estimate of drug-likeness (QED) is 0.504. The van der Waals surface area contributed by atoms with E-state index in [1.165, 1.54) is 6.42 Å². The molecule has 0 atom stereocenters. The van der Waals surface area contributed by atoms with Crippen molar-refractivity contribution in [2.24, 2.45) is 5.92 Å². The SMILES string of the molecule is C/C(O)=C\C=C(/C)c1ccc(O)cc1.CC.CCC(C)C. The second-order valence-corrected chi connectivity index (χ2v) is 5.01. The van der Waals surface area contributed by atoms with Crippen LogP contribution in [0.1, 0.15) is 60.5 Å². The zero-order valence-electron chi connectivity index (χ0n) is 14.6. The summed E-state index contributed by atoms with van der Waals surface area (Å²) in [6.07, 6.45) is 4.78. The molecule has 21 heavy (non-hydrogen) atoms. The summed E-state index contributed by atoms with van der Waals surface area (Å²) in [6.45, 7) is 14.2. The van der Waals surface area contributed by atoms with Crippen LogP contribution < -0.4 is 0 Å². The summed E-state index contributed by atoms with van der Waals surface area (Å²) >= 11 is 0. The summed E-state index contributed by atoms with van der Waals surface area (Å²) in [5.74, 6) is 1.42. The lowest BCUT2D eigenvalue weighted by Gasteiger charge is -2.00. The second kappa shape index (κ2) is 13.3. The van der Waals surface area contributed by atoms with Gasteiger partial charge in [0.05, 0.1) is 5.76 Å². The highest BCUT2D eigenvalue weighted by Gasteiger charge is 1.94. The van der Waals surface area contributed by atoms with Gasteiger partial charge in [-0.25, -0.2) is 0 Å². The molecule has 1 aromatic carbocycles. The summed E-state index contributed by atoms with van der Waals surface area (Å²) in [5, 5.41) is 18.1. The Labute approximate surface area is 130 Å². The van der Waals surface area contributed by atoms with E-state index >= 15 is 0 Å². The van der Waals surface area contributed by atoms with Gasteiger partial charge in [0, 0.05) is 0 Å². The minimum absolute atomic E-state index is 0.260. The van der Waals surface area contributed by atoms with Crippen LogP contribution in [-0.4, -0.2) is 10.2 Å². The Balaban J connectivity index is 0. The van der Waals surface area contributed by atoms with E-state index in [1.807, 2.05) is 39.0 Å². The summed E-state index contributed by atoms with van der Waals surface area (Å²) in [6, 6.07) is 6.95. The van der Waals surface area contributed by atoms with Crippen molar-refractivity contribution in [3.8, 4) is 5.75 Å². The van der Waals surface area contributed by atoms with E-state index < -0.39 is 0 Å². The number of phenols is 1. The molecule has 0 fully saturated rings. The molecule has 1 rings (SSSR count). The van der Waals surface area contributed by atoms with Crippen LogP contribution in [0.2, 0.25) is 0 Å². The number of rotatable bonds is 3. The Hall–Kier alpha value is -1.70. The van der Waals surface area contributed by atoms with Gasteiger partial charge in [-0.15, -0.1) is 0 Å². The largest absolute Gasteiger partial charge is 0.513 e. The molecule has 0 spiro atoms. The summed E-state index contributed by atoms with van der Waals surface area (Å²) in [7, 11) is 0. The highest BCUT2D eigenvalue weighted by Crippen LogP contribution is 2.17. The van der Waals surface area contributed by atoms with Crippen LogP contribution in [-0.2, 0) is 0 Å². The van der Waals surface area contributed by atoms with Crippen molar-refractivity contribution in [3.63, 3.8) is 0 Å². The lowest BCUT2D eigenvalue weighted by molar-refractivity contribution is 0.414. The predicted octanol–water partition coefficient (Wildman–Crippen LogP) is 6.34.